The van der Waals surface area contributed by atoms with Crippen LogP contribution in [0.25, 0.3) is 5.57 Å². The lowest BCUT2D eigenvalue weighted by Gasteiger charge is -2.14. The maximum absolute atomic E-state index is 13.4. The molecule has 0 aliphatic carbocycles. The lowest BCUT2D eigenvalue weighted by molar-refractivity contribution is -0.109. The molecule has 0 atom stereocenters. The van der Waals surface area contributed by atoms with Gasteiger partial charge in [-0.3, -0.25) is 9.80 Å². The normalized spacial score (nSPS) is 15.1. The van der Waals surface area contributed by atoms with Crippen LogP contribution >= 0.6 is 11.6 Å². The second-order valence-corrected chi connectivity index (χ2v) is 6.55. The molecule has 0 aromatic heterocycles. The lowest BCUT2D eigenvalue weighted by atomic mass is 10.0. The Kier molecular flexibility index (Phi) is 5.37. The Balaban J connectivity index is 1.89. The molecule has 7 heteroatoms. The minimum atomic E-state index is -4.68. The standard InChI is InChI=1S/C20H16ClF3N2O/c1-13(25-26-11-10-15-4-2-3-5-18(15)26)19(27)12-17(20(22,23)24)14-6-8-16(21)9-7-14/h2-9,12H,10-11H2,1H3/b17-12+,25-13+. The number of hydrogen-bond acceptors (Lipinski definition) is 3. The largest absolute Gasteiger partial charge is 0.417 e. The summed E-state index contributed by atoms with van der Waals surface area (Å²) in [4.78, 5) is 12.4. The van der Waals surface area contributed by atoms with Gasteiger partial charge in [0.05, 0.1) is 11.3 Å². The minimum Gasteiger partial charge on any atom is -0.288 e. The van der Waals surface area contributed by atoms with E-state index in [4.69, 9.17) is 11.6 Å². The molecule has 3 nitrogen and oxygen atoms in total. The van der Waals surface area contributed by atoms with E-state index in [1.54, 1.807) is 5.01 Å². The number of para-hydroxylation sites is 1. The zero-order valence-electron chi connectivity index (χ0n) is 14.4. The van der Waals surface area contributed by atoms with Crippen LogP contribution in [0, 0.1) is 0 Å². The van der Waals surface area contributed by atoms with Gasteiger partial charge in [0, 0.05) is 17.6 Å². The highest BCUT2D eigenvalue weighted by Gasteiger charge is 2.35. The topological polar surface area (TPSA) is 32.7 Å². The third-order valence-electron chi connectivity index (χ3n) is 4.23. The van der Waals surface area contributed by atoms with E-state index in [2.05, 4.69) is 5.10 Å². The summed E-state index contributed by atoms with van der Waals surface area (Å²) in [6.45, 7) is 1.99. The van der Waals surface area contributed by atoms with Crippen LogP contribution in [0.4, 0.5) is 18.9 Å². The molecule has 2 aromatic rings. The molecule has 1 aliphatic rings. The number of alkyl halides is 3. The Labute approximate surface area is 159 Å². The molecule has 27 heavy (non-hydrogen) atoms. The van der Waals surface area contributed by atoms with Crippen LogP contribution < -0.4 is 5.01 Å². The Morgan fingerprint density at radius 3 is 2.48 bits per heavy atom. The van der Waals surface area contributed by atoms with Crippen molar-refractivity contribution < 1.29 is 18.0 Å². The number of rotatable bonds is 4. The predicted molar refractivity (Wildman–Crippen MR) is 101 cm³/mol. The fraction of sp³-hybridized carbons (Fsp3) is 0.200. The number of carbonyl (C=O) groups excluding carboxylic acids is 1. The summed E-state index contributed by atoms with van der Waals surface area (Å²) in [5, 5.41) is 6.19. The molecule has 1 aliphatic heterocycles. The maximum atomic E-state index is 13.4. The number of fused-ring (bicyclic) bond motifs is 1. The van der Waals surface area contributed by atoms with Crippen molar-refractivity contribution >= 4 is 34.4 Å². The van der Waals surface area contributed by atoms with Crippen molar-refractivity contribution in [1.29, 1.82) is 0 Å². The van der Waals surface area contributed by atoms with Crippen molar-refractivity contribution in [2.24, 2.45) is 5.10 Å². The number of nitrogens with zero attached hydrogens (tertiary/aromatic N) is 2. The van der Waals surface area contributed by atoms with Crippen LogP contribution in [0.3, 0.4) is 0 Å². The number of benzene rings is 2. The molecule has 0 fully saturated rings. The van der Waals surface area contributed by atoms with E-state index in [9.17, 15) is 18.0 Å². The average molecular weight is 393 g/mol. The molecular formula is C20H16ClF3N2O. The molecule has 140 valence electrons. The molecule has 3 rings (SSSR count). The summed E-state index contributed by atoms with van der Waals surface area (Å²) >= 11 is 5.73. The van der Waals surface area contributed by atoms with E-state index in [1.165, 1.54) is 31.2 Å². The van der Waals surface area contributed by atoms with Crippen LogP contribution in [-0.2, 0) is 11.2 Å². The van der Waals surface area contributed by atoms with Gasteiger partial charge in [-0.05, 0) is 42.7 Å². The number of carbonyl (C=O) groups is 1. The van der Waals surface area contributed by atoms with Gasteiger partial charge in [0.25, 0.3) is 0 Å². The molecule has 0 amide bonds. The van der Waals surface area contributed by atoms with Crippen molar-refractivity contribution in [2.45, 2.75) is 19.5 Å². The molecule has 0 unspecified atom stereocenters. The van der Waals surface area contributed by atoms with E-state index in [1.807, 2.05) is 24.3 Å². The summed E-state index contributed by atoms with van der Waals surface area (Å²) < 4.78 is 40.3. The van der Waals surface area contributed by atoms with Gasteiger partial charge in [-0.15, -0.1) is 0 Å². The van der Waals surface area contributed by atoms with Gasteiger partial charge in [0.1, 0.15) is 5.71 Å². The van der Waals surface area contributed by atoms with Gasteiger partial charge in [-0.1, -0.05) is 41.9 Å². The Bertz CT molecular complexity index is 918. The van der Waals surface area contributed by atoms with E-state index in [0.29, 0.717) is 17.6 Å². The number of hydrogen-bond donors (Lipinski definition) is 0. The Hall–Kier alpha value is -2.60. The van der Waals surface area contributed by atoms with Gasteiger partial charge in [0.2, 0.25) is 5.78 Å². The first-order valence-electron chi connectivity index (χ1n) is 8.25. The first-order valence-corrected chi connectivity index (χ1v) is 8.63. The Morgan fingerprint density at radius 1 is 1.15 bits per heavy atom. The van der Waals surface area contributed by atoms with E-state index >= 15 is 0 Å². The number of anilines is 1. The van der Waals surface area contributed by atoms with Gasteiger partial charge in [0.15, 0.2) is 0 Å². The summed E-state index contributed by atoms with van der Waals surface area (Å²) in [5.41, 5.74) is 0.791. The van der Waals surface area contributed by atoms with E-state index in [-0.39, 0.29) is 11.3 Å². The molecule has 0 saturated heterocycles. The van der Waals surface area contributed by atoms with Crippen LogP contribution in [0.1, 0.15) is 18.1 Å². The van der Waals surface area contributed by atoms with Gasteiger partial charge in [-0.2, -0.15) is 18.3 Å². The second-order valence-electron chi connectivity index (χ2n) is 6.11. The summed E-state index contributed by atoms with van der Waals surface area (Å²) in [5.74, 6) is -0.790. The zero-order valence-corrected chi connectivity index (χ0v) is 15.2. The van der Waals surface area contributed by atoms with Crippen molar-refractivity contribution in [3.05, 3.63) is 70.8 Å². The summed E-state index contributed by atoms with van der Waals surface area (Å²) in [7, 11) is 0. The van der Waals surface area contributed by atoms with Crippen molar-refractivity contribution in [2.75, 3.05) is 11.6 Å². The van der Waals surface area contributed by atoms with Crippen LogP contribution in [0.2, 0.25) is 5.02 Å². The first kappa shape index (κ1) is 19.2. The smallest absolute Gasteiger partial charge is 0.288 e. The minimum absolute atomic E-state index is 0.0117. The van der Waals surface area contributed by atoms with Crippen molar-refractivity contribution in [3.63, 3.8) is 0 Å². The monoisotopic (exact) mass is 392 g/mol. The van der Waals surface area contributed by atoms with Gasteiger partial charge >= 0.3 is 6.18 Å². The highest BCUT2D eigenvalue weighted by atomic mass is 35.5. The average Bonchev–Trinajstić information content (AvgIpc) is 3.02. The molecule has 0 saturated carbocycles. The summed E-state index contributed by atoms with van der Waals surface area (Å²) in [6.07, 6.45) is -3.32. The number of hydrazone groups is 1. The predicted octanol–water partition coefficient (Wildman–Crippen LogP) is 5.29. The molecule has 0 radical (unpaired) electrons. The summed E-state index contributed by atoms with van der Waals surface area (Å²) in [6, 6.07) is 12.8. The molecule has 0 bridgehead atoms. The Morgan fingerprint density at radius 2 is 1.81 bits per heavy atom. The molecule has 2 aromatic carbocycles. The van der Waals surface area contributed by atoms with E-state index in [0.717, 1.165) is 17.7 Å². The number of ketones is 1. The van der Waals surface area contributed by atoms with Gasteiger partial charge in [-0.25, -0.2) is 0 Å². The quantitative estimate of drug-likeness (QED) is 0.523. The maximum Gasteiger partial charge on any atom is 0.417 e. The highest BCUT2D eigenvalue weighted by molar-refractivity contribution is 6.44. The lowest BCUT2D eigenvalue weighted by Crippen LogP contribution is -2.20. The second kappa shape index (κ2) is 7.56. The fourth-order valence-corrected chi connectivity index (χ4v) is 2.97. The zero-order chi connectivity index (χ0) is 19.6. The molecular weight excluding hydrogens is 377 g/mol. The van der Waals surface area contributed by atoms with Crippen molar-refractivity contribution in [3.8, 4) is 0 Å². The SMILES string of the molecule is C/C(=N\N1CCc2ccccc21)C(=O)/C=C(\c1ccc(Cl)cc1)C(F)(F)F. The molecule has 1 heterocycles. The van der Waals surface area contributed by atoms with Crippen LogP contribution in [0.15, 0.2) is 59.7 Å². The third-order valence-corrected chi connectivity index (χ3v) is 4.48. The molecule has 0 spiro atoms. The van der Waals surface area contributed by atoms with Crippen LogP contribution in [0.5, 0.6) is 0 Å². The highest BCUT2D eigenvalue weighted by Crippen LogP contribution is 2.34. The molecule has 0 N–H and O–H groups in total. The number of halogens is 4. The fourth-order valence-electron chi connectivity index (χ4n) is 2.85. The third kappa shape index (κ3) is 4.39. The first-order chi connectivity index (χ1) is 12.8. The van der Waals surface area contributed by atoms with Gasteiger partial charge < -0.3 is 0 Å². The number of allylic oxidation sites excluding steroid dienone is 2. The van der Waals surface area contributed by atoms with Crippen LogP contribution in [-0.4, -0.2) is 24.2 Å². The van der Waals surface area contributed by atoms with E-state index < -0.39 is 17.5 Å². The van der Waals surface area contributed by atoms with Crippen molar-refractivity contribution in [1.82, 2.24) is 0 Å².